The summed E-state index contributed by atoms with van der Waals surface area (Å²) in [4.78, 5) is 27.5. The molecule has 2 aromatic rings. The lowest BCUT2D eigenvalue weighted by Gasteiger charge is -2.04. The van der Waals surface area contributed by atoms with E-state index in [1.165, 1.54) is 11.3 Å². The molecule has 0 fully saturated rings. The molecule has 0 aliphatic carbocycles. The van der Waals surface area contributed by atoms with Gasteiger partial charge in [0.1, 0.15) is 11.3 Å². The van der Waals surface area contributed by atoms with Crippen LogP contribution in [0.5, 0.6) is 0 Å². The van der Waals surface area contributed by atoms with Gasteiger partial charge in [-0.05, 0) is 13.8 Å². The Hall–Kier alpha value is -2.22. The summed E-state index contributed by atoms with van der Waals surface area (Å²) in [7, 11) is 0. The molecule has 1 amide bonds. The average Bonchev–Trinajstić information content (AvgIpc) is 2.99. The van der Waals surface area contributed by atoms with E-state index in [2.05, 4.69) is 20.5 Å². The van der Waals surface area contributed by atoms with E-state index in [0.29, 0.717) is 5.69 Å². The van der Waals surface area contributed by atoms with Crippen LogP contribution in [0.15, 0.2) is 10.9 Å². The number of anilines is 1. The van der Waals surface area contributed by atoms with Gasteiger partial charge in [0, 0.05) is 11.1 Å². The highest BCUT2D eigenvalue weighted by molar-refractivity contribution is 7.07. The topological polar surface area (TPSA) is 97.0 Å². The fraction of sp³-hybridized carbons (Fsp3) is 0.273. The fourth-order valence-corrected chi connectivity index (χ4v) is 2.00. The Labute approximate surface area is 113 Å². The van der Waals surface area contributed by atoms with Crippen molar-refractivity contribution in [3.63, 3.8) is 0 Å². The first-order chi connectivity index (χ1) is 9.13. The van der Waals surface area contributed by atoms with Gasteiger partial charge in [0.2, 0.25) is 0 Å². The van der Waals surface area contributed by atoms with E-state index in [-0.39, 0.29) is 23.7 Å². The molecule has 7 nitrogen and oxygen atoms in total. The molecule has 0 saturated heterocycles. The molecule has 100 valence electrons. The first kappa shape index (κ1) is 13.2. The minimum absolute atomic E-state index is 0.147. The van der Waals surface area contributed by atoms with Crippen molar-refractivity contribution in [3.05, 3.63) is 27.8 Å². The third-order valence-corrected chi connectivity index (χ3v) is 2.91. The predicted molar refractivity (Wildman–Crippen MR) is 69.3 cm³/mol. The van der Waals surface area contributed by atoms with E-state index >= 15 is 0 Å². The van der Waals surface area contributed by atoms with Crippen LogP contribution >= 0.6 is 11.3 Å². The number of H-pyrrole nitrogens is 1. The Morgan fingerprint density at radius 2 is 2.32 bits per heavy atom. The van der Waals surface area contributed by atoms with E-state index in [9.17, 15) is 9.59 Å². The van der Waals surface area contributed by atoms with Crippen molar-refractivity contribution in [1.29, 1.82) is 0 Å². The number of esters is 1. The first-order valence-corrected chi connectivity index (χ1v) is 6.49. The van der Waals surface area contributed by atoms with Gasteiger partial charge >= 0.3 is 5.97 Å². The summed E-state index contributed by atoms with van der Waals surface area (Å²) in [6, 6.07) is 0. The lowest BCUT2D eigenvalue weighted by Crippen LogP contribution is -2.16. The van der Waals surface area contributed by atoms with Crippen molar-refractivity contribution in [2.24, 2.45) is 0 Å². The van der Waals surface area contributed by atoms with Crippen LogP contribution in [-0.2, 0) is 4.74 Å². The number of amides is 1. The number of aromatic nitrogens is 3. The number of carbonyl (C=O) groups is 2. The number of rotatable bonds is 4. The van der Waals surface area contributed by atoms with E-state index in [1.54, 1.807) is 24.7 Å². The van der Waals surface area contributed by atoms with Gasteiger partial charge in [0.05, 0.1) is 12.1 Å². The molecule has 19 heavy (non-hydrogen) atoms. The minimum atomic E-state index is -0.526. The van der Waals surface area contributed by atoms with Gasteiger partial charge in [-0.25, -0.2) is 9.78 Å². The number of hydrogen-bond acceptors (Lipinski definition) is 6. The minimum Gasteiger partial charge on any atom is -0.462 e. The van der Waals surface area contributed by atoms with E-state index < -0.39 is 11.9 Å². The quantitative estimate of drug-likeness (QED) is 0.829. The molecule has 0 radical (unpaired) electrons. The predicted octanol–water partition coefficient (Wildman–Crippen LogP) is 1.60. The largest absolute Gasteiger partial charge is 0.462 e. The summed E-state index contributed by atoms with van der Waals surface area (Å²) in [6.07, 6.45) is 0. The zero-order chi connectivity index (χ0) is 13.8. The Bertz CT molecular complexity index is 591. The van der Waals surface area contributed by atoms with Crippen LogP contribution in [0.4, 0.5) is 5.82 Å². The average molecular weight is 280 g/mol. The van der Waals surface area contributed by atoms with Gasteiger partial charge in [-0.1, -0.05) is 0 Å². The number of nitrogens with zero attached hydrogens (tertiary/aromatic N) is 2. The monoisotopic (exact) mass is 280 g/mol. The number of ether oxygens (including phenoxy) is 1. The molecule has 0 spiro atoms. The molecule has 2 heterocycles. The van der Waals surface area contributed by atoms with Gasteiger partial charge in [-0.3, -0.25) is 9.89 Å². The molecule has 0 unspecified atom stereocenters. The zero-order valence-corrected chi connectivity index (χ0v) is 11.2. The van der Waals surface area contributed by atoms with Crippen LogP contribution in [0.25, 0.3) is 0 Å². The second-order valence-corrected chi connectivity index (χ2v) is 4.34. The van der Waals surface area contributed by atoms with Gasteiger partial charge in [0.25, 0.3) is 5.91 Å². The number of nitrogens with one attached hydrogen (secondary N) is 2. The lowest BCUT2D eigenvalue weighted by molar-refractivity contribution is 0.0527. The lowest BCUT2D eigenvalue weighted by atomic mass is 10.2. The Morgan fingerprint density at radius 3 is 2.95 bits per heavy atom. The van der Waals surface area contributed by atoms with Crippen LogP contribution < -0.4 is 5.32 Å². The summed E-state index contributed by atoms with van der Waals surface area (Å²) < 4.78 is 4.92. The van der Waals surface area contributed by atoms with Crippen molar-refractivity contribution >= 4 is 29.0 Å². The maximum Gasteiger partial charge on any atom is 0.343 e. The number of hydrogen-bond donors (Lipinski definition) is 2. The molecule has 0 aromatic carbocycles. The van der Waals surface area contributed by atoms with Gasteiger partial charge in [0.15, 0.2) is 5.82 Å². The SMILES string of the molecule is CCOC(=O)c1c(NC(=O)c2cscn2)n[nH]c1C. The maximum atomic E-state index is 11.8. The second kappa shape index (κ2) is 5.61. The van der Waals surface area contributed by atoms with Crippen LogP contribution in [-0.4, -0.2) is 33.7 Å². The molecular weight excluding hydrogens is 268 g/mol. The molecule has 0 atom stereocenters. The molecular formula is C11H12N4O3S. The Kier molecular flexibility index (Phi) is 3.91. The highest BCUT2D eigenvalue weighted by atomic mass is 32.1. The van der Waals surface area contributed by atoms with Gasteiger partial charge in [-0.2, -0.15) is 5.10 Å². The number of aryl methyl sites for hydroxylation is 1. The van der Waals surface area contributed by atoms with Crippen molar-refractivity contribution in [2.75, 3.05) is 11.9 Å². The number of thiazole rings is 1. The summed E-state index contributed by atoms with van der Waals surface area (Å²) in [5.41, 5.74) is 2.59. The molecule has 0 bridgehead atoms. The molecule has 0 saturated carbocycles. The summed E-state index contributed by atoms with van der Waals surface area (Å²) in [6.45, 7) is 3.64. The molecule has 0 aliphatic heterocycles. The molecule has 2 aromatic heterocycles. The number of aromatic amines is 1. The standard InChI is InChI=1S/C11H12N4O3S/c1-3-18-11(17)8-6(2)14-15-9(8)13-10(16)7-4-19-5-12-7/h4-5H,3H2,1-2H3,(H2,13,14,15,16). The van der Waals surface area contributed by atoms with Gasteiger partial charge < -0.3 is 10.1 Å². The first-order valence-electron chi connectivity index (χ1n) is 5.55. The van der Waals surface area contributed by atoms with Crippen molar-refractivity contribution < 1.29 is 14.3 Å². The van der Waals surface area contributed by atoms with E-state index in [0.717, 1.165) is 0 Å². The summed E-state index contributed by atoms with van der Waals surface area (Å²) in [5.74, 6) is -0.797. The van der Waals surface area contributed by atoms with Crippen LogP contribution in [0.3, 0.4) is 0 Å². The van der Waals surface area contributed by atoms with E-state index in [4.69, 9.17) is 4.74 Å². The molecule has 8 heteroatoms. The Morgan fingerprint density at radius 1 is 1.53 bits per heavy atom. The Balaban J connectivity index is 2.21. The smallest absolute Gasteiger partial charge is 0.343 e. The van der Waals surface area contributed by atoms with Crippen molar-refractivity contribution in [1.82, 2.24) is 15.2 Å². The van der Waals surface area contributed by atoms with Crippen LogP contribution in [0.2, 0.25) is 0 Å². The summed E-state index contributed by atoms with van der Waals surface area (Å²) >= 11 is 1.31. The third-order valence-electron chi connectivity index (χ3n) is 2.32. The zero-order valence-electron chi connectivity index (χ0n) is 10.4. The highest BCUT2D eigenvalue weighted by Gasteiger charge is 2.21. The van der Waals surface area contributed by atoms with Crippen LogP contribution in [0, 0.1) is 6.92 Å². The van der Waals surface area contributed by atoms with Crippen molar-refractivity contribution in [3.8, 4) is 0 Å². The summed E-state index contributed by atoms with van der Waals surface area (Å²) in [5, 5.41) is 10.7. The van der Waals surface area contributed by atoms with E-state index in [1.807, 2.05) is 0 Å². The van der Waals surface area contributed by atoms with Crippen LogP contribution in [0.1, 0.15) is 33.5 Å². The van der Waals surface area contributed by atoms with Gasteiger partial charge in [-0.15, -0.1) is 11.3 Å². The fourth-order valence-electron chi connectivity index (χ4n) is 1.47. The normalized spacial score (nSPS) is 10.2. The molecule has 2 N–H and O–H groups in total. The van der Waals surface area contributed by atoms with Crippen molar-refractivity contribution in [2.45, 2.75) is 13.8 Å². The second-order valence-electron chi connectivity index (χ2n) is 3.62. The highest BCUT2D eigenvalue weighted by Crippen LogP contribution is 2.18. The molecule has 2 rings (SSSR count). The third kappa shape index (κ3) is 2.79. The molecule has 0 aliphatic rings. The maximum absolute atomic E-state index is 11.8. The number of carbonyl (C=O) groups excluding carboxylic acids is 2.